The van der Waals surface area contributed by atoms with Crippen LogP contribution in [0.15, 0.2) is 41.7 Å². The van der Waals surface area contributed by atoms with Gasteiger partial charge in [0.25, 0.3) is 5.91 Å². The summed E-state index contributed by atoms with van der Waals surface area (Å²) in [5.74, 6) is 0.0692. The number of nitrogens with one attached hydrogen (secondary N) is 1. The van der Waals surface area contributed by atoms with E-state index in [1.165, 1.54) is 31.3 Å². The number of benzene rings is 1. The van der Waals surface area contributed by atoms with Gasteiger partial charge in [0.15, 0.2) is 10.8 Å². The number of hydrogen-bond acceptors (Lipinski definition) is 8. The molecule has 1 fully saturated rings. The van der Waals surface area contributed by atoms with E-state index < -0.39 is 17.1 Å². The molecule has 3 N–H and O–H groups in total. The highest BCUT2D eigenvalue weighted by Crippen LogP contribution is 2.51. The Bertz CT molecular complexity index is 989. The van der Waals surface area contributed by atoms with Gasteiger partial charge < -0.3 is 20.5 Å². The minimum atomic E-state index is -1.61. The highest BCUT2D eigenvalue weighted by atomic mass is 32.2. The Kier molecular flexibility index (Phi) is 5.37. The fourth-order valence-electron chi connectivity index (χ4n) is 3.79. The summed E-state index contributed by atoms with van der Waals surface area (Å²) in [5, 5.41) is 3.09. The van der Waals surface area contributed by atoms with Crippen molar-refractivity contribution in [2.45, 2.75) is 30.7 Å². The number of carbonyl (C=O) groups is 1. The van der Waals surface area contributed by atoms with Crippen molar-refractivity contribution in [2.75, 3.05) is 24.8 Å². The summed E-state index contributed by atoms with van der Waals surface area (Å²) in [5.41, 5.74) is 4.32. The molecule has 4 rings (SSSR count). The van der Waals surface area contributed by atoms with Gasteiger partial charge in [-0.05, 0) is 24.6 Å². The molecule has 2 aromatic rings. The van der Waals surface area contributed by atoms with Crippen molar-refractivity contribution in [3.8, 4) is 5.88 Å². The SMILES string of the molecule is COc1cnc(C(=O)Nc2cccc([C@]34CO[C@@H](C)C[C@@]3(F)CSC(N)=N4)c2)cn1. The van der Waals surface area contributed by atoms with E-state index in [1.807, 2.05) is 6.92 Å². The van der Waals surface area contributed by atoms with E-state index in [1.54, 1.807) is 24.3 Å². The van der Waals surface area contributed by atoms with E-state index in [2.05, 4.69) is 20.3 Å². The topological polar surface area (TPSA) is 112 Å². The number of nitrogens with zero attached hydrogens (tertiary/aromatic N) is 3. The number of amidine groups is 1. The molecular weight excluding hydrogens is 409 g/mol. The Morgan fingerprint density at radius 2 is 2.23 bits per heavy atom. The lowest BCUT2D eigenvalue weighted by atomic mass is 9.73. The number of aliphatic imine (C=N–C) groups is 1. The molecule has 1 amide bonds. The van der Waals surface area contributed by atoms with E-state index in [0.29, 0.717) is 22.3 Å². The van der Waals surface area contributed by atoms with Gasteiger partial charge in [0.05, 0.1) is 32.2 Å². The Morgan fingerprint density at radius 3 is 2.97 bits per heavy atom. The number of nitrogens with two attached hydrogens (primary N) is 1. The Balaban J connectivity index is 1.65. The lowest BCUT2D eigenvalue weighted by molar-refractivity contribution is -0.106. The minimum absolute atomic E-state index is 0.0767. The van der Waals surface area contributed by atoms with Gasteiger partial charge in [0.1, 0.15) is 11.2 Å². The molecule has 3 heterocycles. The number of thioether (sulfide) groups is 1. The van der Waals surface area contributed by atoms with Gasteiger partial charge in [-0.1, -0.05) is 23.9 Å². The number of anilines is 1. The molecule has 1 saturated heterocycles. The van der Waals surface area contributed by atoms with Crippen LogP contribution in [0.4, 0.5) is 10.1 Å². The average molecular weight is 431 g/mol. The lowest BCUT2D eigenvalue weighted by Crippen LogP contribution is -2.60. The largest absolute Gasteiger partial charge is 0.480 e. The predicted molar refractivity (Wildman–Crippen MR) is 113 cm³/mol. The third kappa shape index (κ3) is 3.61. The second kappa shape index (κ2) is 7.84. The first-order valence-electron chi connectivity index (χ1n) is 9.42. The zero-order valence-corrected chi connectivity index (χ0v) is 17.4. The van der Waals surface area contributed by atoms with Crippen molar-refractivity contribution in [3.63, 3.8) is 0 Å². The lowest BCUT2D eigenvalue weighted by Gasteiger charge is -2.49. The van der Waals surface area contributed by atoms with Crippen LogP contribution in [-0.2, 0) is 10.3 Å². The van der Waals surface area contributed by atoms with Gasteiger partial charge in [-0.2, -0.15) is 0 Å². The first kappa shape index (κ1) is 20.5. The van der Waals surface area contributed by atoms with Crippen LogP contribution in [0.25, 0.3) is 0 Å². The van der Waals surface area contributed by atoms with Crippen LogP contribution in [0.3, 0.4) is 0 Å². The van der Waals surface area contributed by atoms with Crippen molar-refractivity contribution >= 4 is 28.5 Å². The summed E-state index contributed by atoms with van der Waals surface area (Å²) >= 11 is 1.21. The Hall–Kier alpha value is -2.72. The molecule has 0 aliphatic carbocycles. The smallest absolute Gasteiger partial charge is 0.275 e. The number of alkyl halides is 1. The number of fused-ring (bicyclic) bond motifs is 1. The van der Waals surface area contributed by atoms with Gasteiger partial charge in [-0.25, -0.2) is 19.4 Å². The molecule has 8 nitrogen and oxygen atoms in total. The Labute approximate surface area is 177 Å². The monoisotopic (exact) mass is 431 g/mol. The number of aromatic nitrogens is 2. The number of halogens is 1. The number of methoxy groups -OCH3 is 1. The first-order chi connectivity index (χ1) is 14.3. The van der Waals surface area contributed by atoms with Crippen molar-refractivity contribution in [1.29, 1.82) is 0 Å². The fraction of sp³-hybridized carbons (Fsp3) is 0.400. The number of hydrogen-bond donors (Lipinski definition) is 2. The molecule has 10 heteroatoms. The van der Waals surface area contributed by atoms with E-state index in [0.717, 1.165) is 0 Å². The van der Waals surface area contributed by atoms with Crippen LogP contribution in [0, 0.1) is 0 Å². The van der Waals surface area contributed by atoms with Crippen molar-refractivity contribution in [2.24, 2.45) is 10.7 Å². The first-order valence-corrected chi connectivity index (χ1v) is 10.4. The van der Waals surface area contributed by atoms with Crippen LogP contribution in [0.2, 0.25) is 0 Å². The van der Waals surface area contributed by atoms with Gasteiger partial charge in [-0.15, -0.1) is 0 Å². The average Bonchev–Trinajstić information content (AvgIpc) is 2.74. The molecule has 1 aromatic heterocycles. The van der Waals surface area contributed by atoms with Gasteiger partial charge in [-0.3, -0.25) is 4.79 Å². The van der Waals surface area contributed by atoms with E-state index in [-0.39, 0.29) is 30.6 Å². The van der Waals surface area contributed by atoms with E-state index in [4.69, 9.17) is 15.2 Å². The number of ether oxygens (including phenoxy) is 2. The van der Waals surface area contributed by atoms with Crippen LogP contribution in [0.1, 0.15) is 29.4 Å². The molecule has 2 aliphatic heterocycles. The van der Waals surface area contributed by atoms with E-state index >= 15 is 4.39 Å². The summed E-state index contributed by atoms with van der Waals surface area (Å²) in [6.07, 6.45) is 2.69. The van der Waals surface area contributed by atoms with Gasteiger partial charge in [0, 0.05) is 17.9 Å². The normalized spacial score (nSPS) is 28.2. The number of carbonyl (C=O) groups excluding carboxylic acids is 1. The highest BCUT2D eigenvalue weighted by molar-refractivity contribution is 8.13. The van der Waals surface area contributed by atoms with Crippen LogP contribution in [-0.4, -0.2) is 52.3 Å². The summed E-state index contributed by atoms with van der Waals surface area (Å²) in [6.45, 7) is 1.93. The number of rotatable bonds is 4. The summed E-state index contributed by atoms with van der Waals surface area (Å²) in [4.78, 5) is 25.1. The minimum Gasteiger partial charge on any atom is -0.480 e. The molecule has 0 bridgehead atoms. The molecular formula is C20H22FN5O3S. The molecule has 0 unspecified atom stereocenters. The third-order valence-corrected chi connectivity index (χ3v) is 6.34. The van der Waals surface area contributed by atoms with Crippen LogP contribution in [0.5, 0.6) is 5.88 Å². The highest BCUT2D eigenvalue weighted by Gasteiger charge is 2.59. The second-order valence-corrected chi connectivity index (χ2v) is 8.36. The van der Waals surface area contributed by atoms with Gasteiger partial charge >= 0.3 is 0 Å². The molecule has 2 aliphatic rings. The van der Waals surface area contributed by atoms with Crippen LogP contribution >= 0.6 is 11.8 Å². The summed E-state index contributed by atoms with van der Waals surface area (Å²) < 4.78 is 26.9. The predicted octanol–water partition coefficient (Wildman–Crippen LogP) is 2.51. The maximum atomic E-state index is 16.1. The quantitative estimate of drug-likeness (QED) is 0.765. The zero-order valence-electron chi connectivity index (χ0n) is 16.6. The molecule has 0 radical (unpaired) electrons. The molecule has 158 valence electrons. The van der Waals surface area contributed by atoms with Crippen LogP contribution < -0.4 is 15.8 Å². The van der Waals surface area contributed by atoms with E-state index in [9.17, 15) is 4.79 Å². The second-order valence-electron chi connectivity index (χ2n) is 7.37. The summed E-state index contributed by atoms with van der Waals surface area (Å²) in [7, 11) is 1.47. The maximum Gasteiger partial charge on any atom is 0.275 e. The molecule has 0 spiro atoms. The number of amides is 1. The van der Waals surface area contributed by atoms with Gasteiger partial charge in [0.2, 0.25) is 5.88 Å². The zero-order chi connectivity index (χ0) is 21.4. The molecule has 0 saturated carbocycles. The Morgan fingerprint density at radius 1 is 1.40 bits per heavy atom. The fourth-order valence-corrected chi connectivity index (χ4v) is 4.74. The molecule has 30 heavy (non-hydrogen) atoms. The molecule has 3 atom stereocenters. The summed E-state index contributed by atoms with van der Waals surface area (Å²) in [6, 6.07) is 6.94. The van der Waals surface area contributed by atoms with Crippen molar-refractivity contribution in [3.05, 3.63) is 47.9 Å². The third-order valence-electron chi connectivity index (χ3n) is 5.35. The standard InChI is InChI=1S/C20H22FN5O3S/c1-12-7-19(21)11-30-18(22)26-20(19,10-29-12)13-4-3-5-14(6-13)25-17(27)15-8-24-16(28-2)9-23-15/h3-6,8-9,12H,7,10-11H2,1-2H3,(H2,22,26)(H,25,27)/t12-,19+,20+/m0/s1. The maximum absolute atomic E-state index is 16.1. The van der Waals surface area contributed by atoms with Crippen molar-refractivity contribution < 1.29 is 18.7 Å². The van der Waals surface area contributed by atoms with Crippen molar-refractivity contribution in [1.82, 2.24) is 9.97 Å². The molecule has 1 aromatic carbocycles.